The second-order valence-corrected chi connectivity index (χ2v) is 5.35. The summed E-state index contributed by atoms with van der Waals surface area (Å²) in [6.07, 6.45) is 0.868. The van der Waals surface area contributed by atoms with E-state index in [1.807, 2.05) is 25.1 Å². The standard InChI is InChI=1S/C17H17ClN2O3/c1-2-11-4-3-5-13(8-11)20-16(21)10-23-17(22)14-9-12(18)6-7-15(14)19/h3-9H,2,10,19H2,1H3,(H,20,21). The van der Waals surface area contributed by atoms with Gasteiger partial charge in [-0.15, -0.1) is 0 Å². The molecule has 0 aliphatic rings. The van der Waals surface area contributed by atoms with E-state index >= 15 is 0 Å². The number of rotatable bonds is 5. The van der Waals surface area contributed by atoms with Gasteiger partial charge in [-0.2, -0.15) is 0 Å². The topological polar surface area (TPSA) is 81.4 Å². The van der Waals surface area contributed by atoms with Gasteiger partial charge in [-0.05, 0) is 42.3 Å². The fraction of sp³-hybridized carbons (Fsp3) is 0.176. The Hall–Kier alpha value is -2.53. The van der Waals surface area contributed by atoms with Crippen LogP contribution in [0.15, 0.2) is 42.5 Å². The number of esters is 1. The lowest BCUT2D eigenvalue weighted by Gasteiger charge is -2.09. The van der Waals surface area contributed by atoms with E-state index in [4.69, 9.17) is 22.1 Å². The normalized spacial score (nSPS) is 10.2. The number of nitrogen functional groups attached to an aromatic ring is 1. The SMILES string of the molecule is CCc1cccc(NC(=O)COC(=O)c2cc(Cl)ccc2N)c1. The maximum absolute atomic E-state index is 11.9. The van der Waals surface area contributed by atoms with Gasteiger partial charge in [-0.1, -0.05) is 30.7 Å². The van der Waals surface area contributed by atoms with Crippen LogP contribution in [0.4, 0.5) is 11.4 Å². The molecule has 0 heterocycles. The van der Waals surface area contributed by atoms with Gasteiger partial charge in [0.25, 0.3) is 5.91 Å². The third-order valence-corrected chi connectivity index (χ3v) is 3.42. The first-order valence-corrected chi connectivity index (χ1v) is 7.48. The number of halogens is 1. The molecule has 0 unspecified atom stereocenters. The molecular weight excluding hydrogens is 316 g/mol. The zero-order chi connectivity index (χ0) is 16.8. The number of carbonyl (C=O) groups is 2. The minimum atomic E-state index is -0.692. The maximum Gasteiger partial charge on any atom is 0.340 e. The van der Waals surface area contributed by atoms with Crippen molar-refractivity contribution in [1.82, 2.24) is 0 Å². The first kappa shape index (κ1) is 16.8. The van der Waals surface area contributed by atoms with E-state index in [1.54, 1.807) is 12.1 Å². The molecule has 0 saturated heterocycles. The third-order valence-electron chi connectivity index (χ3n) is 3.19. The van der Waals surface area contributed by atoms with Gasteiger partial charge in [0.15, 0.2) is 6.61 Å². The van der Waals surface area contributed by atoms with Crippen molar-refractivity contribution >= 4 is 34.9 Å². The Labute approximate surface area is 139 Å². The van der Waals surface area contributed by atoms with Gasteiger partial charge in [0.1, 0.15) is 0 Å². The third kappa shape index (κ3) is 4.72. The molecule has 6 heteroatoms. The molecule has 23 heavy (non-hydrogen) atoms. The van der Waals surface area contributed by atoms with Crippen molar-refractivity contribution in [1.29, 1.82) is 0 Å². The molecule has 0 bridgehead atoms. The Kier molecular flexibility index (Phi) is 5.60. The molecule has 2 aromatic carbocycles. The molecule has 0 fully saturated rings. The minimum absolute atomic E-state index is 0.137. The average Bonchev–Trinajstić information content (AvgIpc) is 2.55. The van der Waals surface area contributed by atoms with Crippen LogP contribution in [-0.2, 0) is 16.0 Å². The molecule has 0 radical (unpaired) electrons. The van der Waals surface area contributed by atoms with Gasteiger partial charge < -0.3 is 15.8 Å². The van der Waals surface area contributed by atoms with Crippen molar-refractivity contribution in [3.8, 4) is 0 Å². The second-order valence-electron chi connectivity index (χ2n) is 4.91. The number of ether oxygens (including phenoxy) is 1. The molecule has 0 aromatic heterocycles. The molecule has 120 valence electrons. The molecule has 1 amide bonds. The fourth-order valence-corrected chi connectivity index (χ4v) is 2.15. The lowest BCUT2D eigenvalue weighted by atomic mass is 10.1. The molecule has 0 aliphatic carbocycles. The second kappa shape index (κ2) is 7.65. The smallest absolute Gasteiger partial charge is 0.340 e. The van der Waals surface area contributed by atoms with Crippen molar-refractivity contribution in [2.45, 2.75) is 13.3 Å². The highest BCUT2D eigenvalue weighted by molar-refractivity contribution is 6.31. The number of benzene rings is 2. The lowest BCUT2D eigenvalue weighted by Crippen LogP contribution is -2.21. The molecular formula is C17H17ClN2O3. The summed E-state index contributed by atoms with van der Waals surface area (Å²) in [6.45, 7) is 1.62. The minimum Gasteiger partial charge on any atom is -0.452 e. The van der Waals surface area contributed by atoms with Crippen LogP contribution in [-0.4, -0.2) is 18.5 Å². The van der Waals surface area contributed by atoms with E-state index in [0.29, 0.717) is 10.7 Å². The number of nitrogens with two attached hydrogens (primary N) is 1. The van der Waals surface area contributed by atoms with Crippen LogP contribution in [0.2, 0.25) is 5.02 Å². The first-order valence-electron chi connectivity index (χ1n) is 7.10. The Bertz CT molecular complexity index is 732. The largest absolute Gasteiger partial charge is 0.452 e. The van der Waals surface area contributed by atoms with E-state index in [1.165, 1.54) is 12.1 Å². The summed E-state index contributed by atoms with van der Waals surface area (Å²) in [5.41, 5.74) is 7.84. The Balaban J connectivity index is 1.93. The molecule has 0 saturated carbocycles. The van der Waals surface area contributed by atoms with Crippen LogP contribution in [0.25, 0.3) is 0 Å². The van der Waals surface area contributed by atoms with Crippen LogP contribution in [0.3, 0.4) is 0 Å². The Morgan fingerprint density at radius 1 is 1.22 bits per heavy atom. The fourth-order valence-electron chi connectivity index (χ4n) is 1.98. The molecule has 3 N–H and O–H groups in total. The molecule has 0 aliphatic heterocycles. The van der Waals surface area contributed by atoms with Crippen LogP contribution in [0, 0.1) is 0 Å². The van der Waals surface area contributed by atoms with Crippen LogP contribution < -0.4 is 11.1 Å². The predicted octanol–water partition coefficient (Wildman–Crippen LogP) is 3.28. The predicted molar refractivity (Wildman–Crippen MR) is 90.6 cm³/mol. The summed E-state index contributed by atoms with van der Waals surface area (Å²) in [5.74, 6) is -1.12. The van der Waals surface area contributed by atoms with Crippen molar-refractivity contribution in [2.75, 3.05) is 17.7 Å². The molecule has 2 aromatic rings. The zero-order valence-electron chi connectivity index (χ0n) is 12.6. The quantitative estimate of drug-likeness (QED) is 0.650. The number of amides is 1. The highest BCUT2D eigenvalue weighted by Crippen LogP contribution is 2.18. The van der Waals surface area contributed by atoms with E-state index in [2.05, 4.69) is 5.32 Å². The molecule has 2 rings (SSSR count). The maximum atomic E-state index is 11.9. The van der Waals surface area contributed by atoms with E-state index in [-0.39, 0.29) is 11.3 Å². The van der Waals surface area contributed by atoms with Crippen LogP contribution >= 0.6 is 11.6 Å². The highest BCUT2D eigenvalue weighted by Gasteiger charge is 2.14. The monoisotopic (exact) mass is 332 g/mol. The number of nitrogens with one attached hydrogen (secondary N) is 1. The Morgan fingerprint density at radius 2 is 2.00 bits per heavy atom. The number of carbonyl (C=O) groups excluding carboxylic acids is 2. The van der Waals surface area contributed by atoms with E-state index < -0.39 is 18.5 Å². The number of anilines is 2. The van der Waals surface area contributed by atoms with Gasteiger partial charge >= 0.3 is 5.97 Å². The van der Waals surface area contributed by atoms with Crippen molar-refractivity contribution in [2.24, 2.45) is 0 Å². The van der Waals surface area contributed by atoms with E-state index in [0.717, 1.165) is 12.0 Å². The number of hydrogen-bond donors (Lipinski definition) is 2. The lowest BCUT2D eigenvalue weighted by molar-refractivity contribution is -0.119. The highest BCUT2D eigenvalue weighted by atomic mass is 35.5. The first-order chi connectivity index (χ1) is 11.0. The van der Waals surface area contributed by atoms with Gasteiger partial charge in [-0.25, -0.2) is 4.79 Å². The number of hydrogen-bond acceptors (Lipinski definition) is 4. The van der Waals surface area contributed by atoms with Crippen molar-refractivity contribution in [3.63, 3.8) is 0 Å². The summed E-state index contributed by atoms with van der Waals surface area (Å²) in [7, 11) is 0. The molecule has 0 atom stereocenters. The molecule has 0 spiro atoms. The van der Waals surface area contributed by atoms with Crippen molar-refractivity contribution in [3.05, 3.63) is 58.6 Å². The summed E-state index contributed by atoms with van der Waals surface area (Å²) in [4.78, 5) is 23.8. The molecule has 5 nitrogen and oxygen atoms in total. The van der Waals surface area contributed by atoms with Gasteiger partial charge in [0.05, 0.1) is 5.56 Å². The van der Waals surface area contributed by atoms with Crippen LogP contribution in [0.5, 0.6) is 0 Å². The number of aryl methyl sites for hydroxylation is 1. The summed E-state index contributed by atoms with van der Waals surface area (Å²) in [5, 5.41) is 3.04. The van der Waals surface area contributed by atoms with Gasteiger partial charge in [0, 0.05) is 16.4 Å². The summed E-state index contributed by atoms with van der Waals surface area (Å²) < 4.78 is 4.96. The van der Waals surface area contributed by atoms with Crippen molar-refractivity contribution < 1.29 is 14.3 Å². The Morgan fingerprint density at radius 3 is 2.74 bits per heavy atom. The average molecular weight is 333 g/mol. The summed E-state index contributed by atoms with van der Waals surface area (Å²) >= 11 is 5.82. The van der Waals surface area contributed by atoms with Gasteiger partial charge in [0.2, 0.25) is 0 Å². The zero-order valence-corrected chi connectivity index (χ0v) is 13.4. The van der Waals surface area contributed by atoms with E-state index in [9.17, 15) is 9.59 Å². The van der Waals surface area contributed by atoms with Crippen LogP contribution in [0.1, 0.15) is 22.8 Å². The van der Waals surface area contributed by atoms with Gasteiger partial charge in [-0.3, -0.25) is 4.79 Å². The summed E-state index contributed by atoms with van der Waals surface area (Å²) in [6, 6.07) is 11.9.